The summed E-state index contributed by atoms with van der Waals surface area (Å²) in [6.45, 7) is 0. The van der Waals surface area contributed by atoms with Crippen LogP contribution in [0.15, 0.2) is 42.5 Å². The maximum atomic E-state index is 13.1. The number of rotatable bonds is 5. The van der Waals surface area contributed by atoms with Crippen LogP contribution >= 0.6 is 11.3 Å². The monoisotopic (exact) mass is 493 g/mol. The van der Waals surface area contributed by atoms with E-state index in [4.69, 9.17) is 0 Å². The van der Waals surface area contributed by atoms with Gasteiger partial charge in [0.1, 0.15) is 0 Å². The Labute approximate surface area is 204 Å². The predicted octanol–water partition coefficient (Wildman–Crippen LogP) is 5.52. The lowest BCUT2D eigenvalue weighted by Crippen LogP contribution is -2.64. The normalized spacial score (nSPS) is 28.7. The van der Waals surface area contributed by atoms with Crippen LogP contribution in [0.3, 0.4) is 0 Å². The second-order valence-corrected chi connectivity index (χ2v) is 11.4. The lowest BCUT2D eigenvalue weighted by atomic mass is 9.45. The van der Waals surface area contributed by atoms with E-state index in [1.807, 2.05) is 12.1 Å². The summed E-state index contributed by atoms with van der Waals surface area (Å²) in [7, 11) is 0. The fourth-order valence-corrected chi connectivity index (χ4v) is 8.03. The molecule has 4 aliphatic rings. The molecule has 2 unspecified atom stereocenters. The maximum absolute atomic E-state index is 13.1. The van der Waals surface area contributed by atoms with Crippen molar-refractivity contribution in [3.63, 3.8) is 0 Å². The summed E-state index contributed by atoms with van der Waals surface area (Å²) in [5.74, 6) is 1.02. The first-order chi connectivity index (χ1) is 16.7. The minimum Gasteiger partial charge on any atom is -0.332 e. The second kappa shape index (κ2) is 7.70. The molecule has 1 aromatic heterocycles. The number of carbonyl (C=O) groups is 1. The fourth-order valence-electron chi connectivity index (χ4n) is 7.13. The Morgan fingerprint density at radius 2 is 1.63 bits per heavy atom. The van der Waals surface area contributed by atoms with E-state index in [9.17, 15) is 25.0 Å². The van der Waals surface area contributed by atoms with Gasteiger partial charge in [-0.05, 0) is 67.4 Å². The van der Waals surface area contributed by atoms with Crippen LogP contribution in [0.2, 0.25) is 0 Å². The zero-order valence-corrected chi connectivity index (χ0v) is 19.5. The molecule has 2 N–H and O–H groups in total. The van der Waals surface area contributed by atoms with Crippen molar-refractivity contribution in [2.75, 3.05) is 5.32 Å². The van der Waals surface area contributed by atoms with E-state index >= 15 is 0 Å². The number of anilines is 1. The van der Waals surface area contributed by atoms with Crippen LogP contribution in [-0.4, -0.2) is 26.4 Å². The van der Waals surface area contributed by atoms with Crippen LogP contribution in [0.4, 0.5) is 21.3 Å². The number of thiazole rings is 1. The van der Waals surface area contributed by atoms with Crippen molar-refractivity contribution in [1.29, 1.82) is 0 Å². The number of non-ortho nitro benzene ring substituents is 2. The quantitative estimate of drug-likeness (QED) is 0.354. The molecule has 4 fully saturated rings. The summed E-state index contributed by atoms with van der Waals surface area (Å²) in [5.41, 5.74) is 1.39. The van der Waals surface area contributed by atoms with Crippen LogP contribution in [0.1, 0.15) is 44.1 Å². The molecule has 4 bridgehead atoms. The highest BCUT2D eigenvalue weighted by Crippen LogP contribution is 2.62. The molecule has 3 aromatic rings. The first-order valence-corrected chi connectivity index (χ1v) is 12.4. The lowest BCUT2D eigenvalue weighted by Gasteiger charge is -2.62. The van der Waals surface area contributed by atoms with Crippen molar-refractivity contribution < 1.29 is 14.6 Å². The van der Waals surface area contributed by atoms with Crippen LogP contribution in [0.5, 0.6) is 0 Å². The third-order valence-corrected chi connectivity index (χ3v) is 8.87. The Hall–Kier alpha value is -3.60. The number of amides is 2. The molecule has 0 radical (unpaired) electrons. The Morgan fingerprint density at radius 3 is 2.29 bits per heavy atom. The molecule has 0 saturated heterocycles. The third-order valence-electron chi connectivity index (χ3n) is 7.93. The first-order valence-electron chi connectivity index (χ1n) is 11.6. The van der Waals surface area contributed by atoms with Crippen molar-refractivity contribution in [3.05, 3.63) is 68.3 Å². The molecule has 2 aromatic carbocycles. The Kier molecular flexibility index (Phi) is 4.82. The molecule has 2 amide bonds. The van der Waals surface area contributed by atoms with Gasteiger partial charge in [0.15, 0.2) is 5.13 Å². The Morgan fingerprint density at radius 1 is 0.971 bits per heavy atom. The molecule has 2 atom stereocenters. The highest BCUT2D eigenvalue weighted by atomic mass is 32.1. The molecule has 35 heavy (non-hydrogen) atoms. The van der Waals surface area contributed by atoms with E-state index < -0.39 is 4.92 Å². The molecule has 4 aliphatic carbocycles. The second-order valence-electron chi connectivity index (χ2n) is 10.3. The predicted molar refractivity (Wildman–Crippen MR) is 131 cm³/mol. The molecule has 10 nitrogen and oxygen atoms in total. The van der Waals surface area contributed by atoms with Crippen molar-refractivity contribution >= 4 is 44.1 Å². The number of benzene rings is 2. The molecule has 1 heterocycles. The van der Waals surface area contributed by atoms with E-state index in [-0.39, 0.29) is 33.3 Å². The van der Waals surface area contributed by atoms with Gasteiger partial charge in [0.25, 0.3) is 11.4 Å². The van der Waals surface area contributed by atoms with Crippen molar-refractivity contribution in [3.8, 4) is 0 Å². The molecule has 0 spiro atoms. The summed E-state index contributed by atoms with van der Waals surface area (Å²) < 4.78 is 0.640. The van der Waals surface area contributed by atoms with Crippen LogP contribution in [-0.2, 0) is 5.41 Å². The number of fused-ring (bicyclic) bond motifs is 1. The highest BCUT2D eigenvalue weighted by Gasteiger charge is 2.58. The number of urea groups is 1. The number of carbonyl (C=O) groups excluding carboxylic acids is 1. The summed E-state index contributed by atoms with van der Waals surface area (Å²) in [5, 5.41) is 28.6. The number of aromatic nitrogens is 1. The van der Waals surface area contributed by atoms with Crippen LogP contribution in [0.25, 0.3) is 10.2 Å². The standard InChI is InChI=1S/C24H23N5O5S/c30-21(26-22-25-19-6-5-18(29(33)34)8-20(19)35-22)27-24-11-14-7-15(12-24)10-23(9-14,13-24)16-1-3-17(4-2-16)28(31)32/h1-6,8,14-15H,7,9-13H2,(H2,25,26,27,30). The van der Waals surface area contributed by atoms with Gasteiger partial charge in [-0.25, -0.2) is 9.78 Å². The van der Waals surface area contributed by atoms with Crippen molar-refractivity contribution in [1.82, 2.24) is 10.3 Å². The maximum Gasteiger partial charge on any atom is 0.321 e. The summed E-state index contributed by atoms with van der Waals surface area (Å²) in [6, 6.07) is 11.1. The summed E-state index contributed by atoms with van der Waals surface area (Å²) >= 11 is 1.21. The number of hydrogen-bond donors (Lipinski definition) is 2. The molecule has 4 saturated carbocycles. The zero-order chi connectivity index (χ0) is 24.4. The van der Waals surface area contributed by atoms with E-state index in [1.54, 1.807) is 18.2 Å². The fraction of sp³-hybridized carbons (Fsp3) is 0.417. The summed E-state index contributed by atoms with van der Waals surface area (Å²) in [4.78, 5) is 38.8. The Bertz CT molecular complexity index is 1360. The zero-order valence-electron chi connectivity index (χ0n) is 18.7. The molecule has 180 valence electrons. The average Bonchev–Trinajstić information content (AvgIpc) is 3.19. The topological polar surface area (TPSA) is 140 Å². The number of nitrogens with one attached hydrogen (secondary N) is 2. The van der Waals surface area contributed by atoms with E-state index in [2.05, 4.69) is 15.6 Å². The van der Waals surface area contributed by atoms with Gasteiger partial charge in [-0.3, -0.25) is 25.5 Å². The molecular formula is C24H23N5O5S. The largest absolute Gasteiger partial charge is 0.332 e. The smallest absolute Gasteiger partial charge is 0.321 e. The van der Waals surface area contributed by atoms with Crippen LogP contribution < -0.4 is 10.6 Å². The minimum absolute atomic E-state index is 0.0118. The van der Waals surface area contributed by atoms with Gasteiger partial charge in [-0.1, -0.05) is 23.5 Å². The van der Waals surface area contributed by atoms with E-state index in [0.717, 1.165) is 44.1 Å². The van der Waals surface area contributed by atoms with Gasteiger partial charge in [0, 0.05) is 29.8 Å². The molecule has 11 heteroatoms. The van der Waals surface area contributed by atoms with Crippen molar-refractivity contribution in [2.24, 2.45) is 11.8 Å². The van der Waals surface area contributed by atoms with Gasteiger partial charge in [0.2, 0.25) is 0 Å². The number of nitro benzene ring substituents is 2. The lowest BCUT2D eigenvalue weighted by molar-refractivity contribution is -0.385. The van der Waals surface area contributed by atoms with Gasteiger partial charge in [-0.2, -0.15) is 0 Å². The average molecular weight is 494 g/mol. The number of nitrogens with zero attached hydrogens (tertiary/aromatic N) is 3. The molecule has 0 aliphatic heterocycles. The Balaban J connectivity index is 1.22. The van der Waals surface area contributed by atoms with Gasteiger partial charge >= 0.3 is 6.03 Å². The van der Waals surface area contributed by atoms with Crippen molar-refractivity contribution in [2.45, 2.75) is 49.5 Å². The van der Waals surface area contributed by atoms with Gasteiger partial charge in [-0.15, -0.1) is 0 Å². The SMILES string of the molecule is O=C(Nc1nc2ccc([N+](=O)[O-])cc2s1)NC12CC3CC(C1)CC(c1ccc([N+](=O)[O-])cc1)(C3)C2. The first kappa shape index (κ1) is 21.9. The minimum atomic E-state index is -0.452. The molecular weight excluding hydrogens is 470 g/mol. The van der Waals surface area contributed by atoms with Gasteiger partial charge < -0.3 is 5.32 Å². The number of hydrogen-bond acceptors (Lipinski definition) is 7. The highest BCUT2D eigenvalue weighted by molar-refractivity contribution is 7.22. The third kappa shape index (κ3) is 3.79. The van der Waals surface area contributed by atoms with Gasteiger partial charge in [0.05, 0.1) is 20.1 Å². The molecule has 7 rings (SSSR count). The summed E-state index contributed by atoms with van der Waals surface area (Å²) in [6.07, 6.45) is 5.92. The van der Waals surface area contributed by atoms with E-state index in [0.29, 0.717) is 27.2 Å². The van der Waals surface area contributed by atoms with E-state index in [1.165, 1.54) is 23.5 Å². The number of nitro groups is 2. The van der Waals surface area contributed by atoms with Crippen LogP contribution in [0, 0.1) is 32.1 Å².